The van der Waals surface area contributed by atoms with E-state index < -0.39 is 0 Å². The fourth-order valence-electron chi connectivity index (χ4n) is 2.77. The molecule has 5 heteroatoms. The number of hydrogen-bond donors (Lipinski definition) is 1. The first-order valence-electron chi connectivity index (χ1n) is 8.71. The summed E-state index contributed by atoms with van der Waals surface area (Å²) < 4.78 is 18.8. The van der Waals surface area contributed by atoms with E-state index in [0.29, 0.717) is 26.0 Å². The zero-order chi connectivity index (χ0) is 18.2. The largest absolute Gasteiger partial charge is 0.491 e. The monoisotopic (exact) mass is 352 g/mol. The number of pyridine rings is 1. The number of carbonyl (C=O) groups is 1. The lowest BCUT2D eigenvalue weighted by Crippen LogP contribution is -2.25. The molecule has 0 saturated carbocycles. The number of nitrogens with one attached hydrogen (secondary N) is 1. The summed E-state index contributed by atoms with van der Waals surface area (Å²) in [7, 11) is 0. The van der Waals surface area contributed by atoms with E-state index in [1.54, 1.807) is 24.4 Å². The normalized spacial score (nSPS) is 10.7. The maximum atomic E-state index is 13.4. The number of fused-ring (bicyclic) bond motifs is 1. The first kappa shape index (κ1) is 17.9. The summed E-state index contributed by atoms with van der Waals surface area (Å²) >= 11 is 0. The van der Waals surface area contributed by atoms with Crippen molar-refractivity contribution in [2.24, 2.45) is 0 Å². The van der Waals surface area contributed by atoms with E-state index in [1.165, 1.54) is 6.07 Å². The van der Waals surface area contributed by atoms with E-state index in [0.717, 1.165) is 22.9 Å². The number of para-hydroxylation sites is 2. The number of halogens is 1. The average molecular weight is 352 g/mol. The minimum Gasteiger partial charge on any atom is -0.491 e. The van der Waals surface area contributed by atoms with E-state index in [9.17, 15) is 9.18 Å². The molecule has 4 nitrogen and oxygen atoms in total. The van der Waals surface area contributed by atoms with Gasteiger partial charge in [0, 0.05) is 24.5 Å². The van der Waals surface area contributed by atoms with Crippen LogP contribution in [0.25, 0.3) is 10.9 Å². The molecular formula is C21H21FN2O2. The Labute approximate surface area is 152 Å². The summed E-state index contributed by atoms with van der Waals surface area (Å²) in [6.45, 7) is 0.865. The molecule has 0 atom stereocenters. The molecule has 0 spiro atoms. The van der Waals surface area contributed by atoms with Crippen molar-refractivity contribution in [3.05, 3.63) is 72.2 Å². The van der Waals surface area contributed by atoms with Crippen molar-refractivity contribution in [1.29, 1.82) is 0 Å². The van der Waals surface area contributed by atoms with Crippen molar-refractivity contribution < 1.29 is 13.9 Å². The van der Waals surface area contributed by atoms with Crippen LogP contribution in [-0.4, -0.2) is 24.0 Å². The molecule has 3 aromatic rings. The van der Waals surface area contributed by atoms with Gasteiger partial charge in [-0.1, -0.05) is 36.4 Å². The maximum absolute atomic E-state index is 13.4. The van der Waals surface area contributed by atoms with Crippen molar-refractivity contribution in [2.75, 3.05) is 13.2 Å². The van der Waals surface area contributed by atoms with E-state index in [-0.39, 0.29) is 17.5 Å². The van der Waals surface area contributed by atoms with Crippen molar-refractivity contribution in [1.82, 2.24) is 10.3 Å². The van der Waals surface area contributed by atoms with E-state index >= 15 is 0 Å². The second kappa shape index (κ2) is 8.94. The molecule has 0 saturated heterocycles. The standard InChI is InChI=1S/C21H21FN2O2/c22-18-9-1-2-10-19(18)26-15-5-11-20(25)23-14-12-17-7-3-6-16-8-4-13-24-21(16)17/h1-4,6-10,13H,5,11-12,14-15H2,(H,23,25). The molecule has 26 heavy (non-hydrogen) atoms. The number of aromatic nitrogens is 1. The highest BCUT2D eigenvalue weighted by Gasteiger charge is 2.05. The van der Waals surface area contributed by atoms with Crippen LogP contribution in [0.1, 0.15) is 18.4 Å². The molecule has 0 aliphatic carbocycles. The van der Waals surface area contributed by atoms with Gasteiger partial charge in [0.15, 0.2) is 11.6 Å². The molecule has 0 aliphatic rings. The second-order valence-corrected chi connectivity index (χ2v) is 5.97. The Morgan fingerprint density at radius 1 is 1.08 bits per heavy atom. The molecule has 3 rings (SSSR count). The number of benzene rings is 2. The Kier molecular flexibility index (Phi) is 6.14. The number of nitrogens with zero attached hydrogens (tertiary/aromatic N) is 1. The highest BCUT2D eigenvalue weighted by atomic mass is 19.1. The lowest BCUT2D eigenvalue weighted by molar-refractivity contribution is -0.121. The van der Waals surface area contributed by atoms with Crippen LogP contribution in [0, 0.1) is 5.82 Å². The first-order valence-corrected chi connectivity index (χ1v) is 8.71. The Balaban J connectivity index is 1.38. The third-order valence-corrected chi connectivity index (χ3v) is 4.08. The molecule has 1 amide bonds. The van der Waals surface area contributed by atoms with Crippen LogP contribution in [0.3, 0.4) is 0 Å². The summed E-state index contributed by atoms with van der Waals surface area (Å²) in [5.74, 6) is -0.202. The van der Waals surface area contributed by atoms with Crippen LogP contribution in [0.5, 0.6) is 5.75 Å². The van der Waals surface area contributed by atoms with Gasteiger partial charge in [-0.05, 0) is 36.6 Å². The summed E-state index contributed by atoms with van der Waals surface area (Å²) in [6, 6.07) is 16.3. The van der Waals surface area contributed by atoms with Crippen LogP contribution in [0.2, 0.25) is 0 Å². The van der Waals surface area contributed by atoms with Gasteiger partial charge in [-0.3, -0.25) is 9.78 Å². The SMILES string of the molecule is O=C(CCCOc1ccccc1F)NCCc1cccc2cccnc12. The number of hydrogen-bond acceptors (Lipinski definition) is 3. The quantitative estimate of drug-likeness (QED) is 0.626. The van der Waals surface area contributed by atoms with Gasteiger partial charge < -0.3 is 10.1 Å². The molecule has 0 bridgehead atoms. The number of ether oxygens (including phenoxy) is 1. The third kappa shape index (κ3) is 4.79. The van der Waals surface area contributed by atoms with E-state index in [2.05, 4.69) is 10.3 Å². The van der Waals surface area contributed by atoms with Crippen LogP contribution < -0.4 is 10.1 Å². The topological polar surface area (TPSA) is 51.2 Å². The summed E-state index contributed by atoms with van der Waals surface area (Å²) in [5, 5.41) is 4.01. The van der Waals surface area contributed by atoms with Crippen molar-refractivity contribution in [3.8, 4) is 5.75 Å². The lowest BCUT2D eigenvalue weighted by Gasteiger charge is -2.08. The summed E-state index contributed by atoms with van der Waals surface area (Å²) in [6.07, 6.45) is 3.39. The fourth-order valence-corrected chi connectivity index (χ4v) is 2.77. The first-order chi connectivity index (χ1) is 12.7. The van der Waals surface area contributed by atoms with Crippen LogP contribution in [0.4, 0.5) is 4.39 Å². The number of rotatable bonds is 8. The molecule has 0 unspecified atom stereocenters. The van der Waals surface area contributed by atoms with Gasteiger partial charge in [0.1, 0.15) is 0 Å². The molecular weight excluding hydrogens is 331 g/mol. The minimum absolute atomic E-state index is 0.0321. The molecule has 1 aromatic heterocycles. The zero-order valence-electron chi connectivity index (χ0n) is 14.5. The second-order valence-electron chi connectivity index (χ2n) is 5.97. The molecule has 134 valence electrons. The third-order valence-electron chi connectivity index (χ3n) is 4.08. The molecule has 1 N–H and O–H groups in total. The van der Waals surface area contributed by atoms with Crippen molar-refractivity contribution in [3.63, 3.8) is 0 Å². The highest BCUT2D eigenvalue weighted by Crippen LogP contribution is 2.16. The van der Waals surface area contributed by atoms with Gasteiger partial charge >= 0.3 is 0 Å². The van der Waals surface area contributed by atoms with E-state index in [1.807, 2.05) is 30.3 Å². The molecule has 0 fully saturated rings. The minimum atomic E-state index is -0.388. The number of amides is 1. The predicted octanol–water partition coefficient (Wildman–Crippen LogP) is 3.89. The Bertz CT molecular complexity index is 877. The fraction of sp³-hybridized carbons (Fsp3) is 0.238. The van der Waals surface area contributed by atoms with Crippen LogP contribution in [0.15, 0.2) is 60.8 Å². The highest BCUT2D eigenvalue weighted by molar-refractivity contribution is 5.81. The van der Waals surface area contributed by atoms with Gasteiger partial charge in [0.05, 0.1) is 12.1 Å². The van der Waals surface area contributed by atoms with Gasteiger partial charge in [-0.2, -0.15) is 0 Å². The lowest BCUT2D eigenvalue weighted by atomic mass is 10.1. The van der Waals surface area contributed by atoms with Gasteiger partial charge in [-0.15, -0.1) is 0 Å². The van der Waals surface area contributed by atoms with Gasteiger partial charge in [0.25, 0.3) is 0 Å². The van der Waals surface area contributed by atoms with Crippen LogP contribution >= 0.6 is 0 Å². The Morgan fingerprint density at radius 3 is 2.81 bits per heavy atom. The molecule has 2 aromatic carbocycles. The average Bonchev–Trinajstić information content (AvgIpc) is 2.67. The van der Waals surface area contributed by atoms with Crippen molar-refractivity contribution >= 4 is 16.8 Å². The summed E-state index contributed by atoms with van der Waals surface area (Å²) in [5.41, 5.74) is 2.09. The Morgan fingerprint density at radius 2 is 1.92 bits per heavy atom. The molecule has 0 aliphatic heterocycles. The predicted molar refractivity (Wildman–Crippen MR) is 99.6 cm³/mol. The zero-order valence-corrected chi connectivity index (χ0v) is 14.5. The maximum Gasteiger partial charge on any atom is 0.220 e. The van der Waals surface area contributed by atoms with Crippen molar-refractivity contribution in [2.45, 2.75) is 19.3 Å². The molecule has 1 heterocycles. The Hall–Kier alpha value is -2.95. The number of carbonyl (C=O) groups excluding carboxylic acids is 1. The smallest absolute Gasteiger partial charge is 0.220 e. The van der Waals surface area contributed by atoms with Gasteiger partial charge in [-0.25, -0.2) is 4.39 Å². The van der Waals surface area contributed by atoms with Gasteiger partial charge in [0.2, 0.25) is 5.91 Å². The summed E-state index contributed by atoms with van der Waals surface area (Å²) in [4.78, 5) is 16.3. The molecule has 0 radical (unpaired) electrons. The van der Waals surface area contributed by atoms with Crippen LogP contribution in [-0.2, 0) is 11.2 Å². The van der Waals surface area contributed by atoms with E-state index in [4.69, 9.17) is 4.74 Å².